The van der Waals surface area contributed by atoms with Gasteiger partial charge in [-0.1, -0.05) is 31.3 Å². The fraction of sp³-hybridized carbons (Fsp3) is 0.850. The zero-order valence-electron chi connectivity index (χ0n) is 15.6. The lowest BCUT2D eigenvalue weighted by atomic mass is 9.63. The zero-order chi connectivity index (χ0) is 17.1. The molecule has 2 saturated carbocycles. The Labute approximate surface area is 151 Å². The standard InChI is InChI=1S/C20H33N3O2/c1-2-16-10-17-4-3-5-20(12-16,13-17)21-14-18-11-19(25-22-18)15-23-6-8-24-9-7-23/h11,16-17,21H,2-10,12-15H2,1H3. The van der Waals surface area contributed by atoms with E-state index in [9.17, 15) is 0 Å². The summed E-state index contributed by atoms with van der Waals surface area (Å²) in [5, 5.41) is 8.22. The van der Waals surface area contributed by atoms with Crippen LogP contribution in [0.4, 0.5) is 0 Å². The summed E-state index contributed by atoms with van der Waals surface area (Å²) >= 11 is 0. The van der Waals surface area contributed by atoms with E-state index in [1.165, 1.54) is 44.9 Å². The number of hydrogen-bond donors (Lipinski definition) is 1. The second kappa shape index (κ2) is 7.77. The highest BCUT2D eigenvalue weighted by molar-refractivity contribution is 5.07. The number of rotatable bonds is 6. The lowest BCUT2D eigenvalue weighted by molar-refractivity contribution is 0.0305. The Morgan fingerprint density at radius 3 is 3.04 bits per heavy atom. The first-order valence-electron chi connectivity index (χ1n) is 10.2. The molecule has 0 radical (unpaired) electrons. The summed E-state index contributed by atoms with van der Waals surface area (Å²) in [6.45, 7) is 7.66. The molecule has 1 aliphatic heterocycles. The molecule has 0 aromatic carbocycles. The van der Waals surface area contributed by atoms with Crippen LogP contribution in [-0.4, -0.2) is 41.9 Å². The highest BCUT2D eigenvalue weighted by Crippen LogP contribution is 2.46. The minimum Gasteiger partial charge on any atom is -0.379 e. The molecule has 0 spiro atoms. The van der Waals surface area contributed by atoms with Gasteiger partial charge in [-0.15, -0.1) is 0 Å². The molecule has 0 amide bonds. The molecule has 1 saturated heterocycles. The first kappa shape index (κ1) is 17.5. The van der Waals surface area contributed by atoms with Crippen LogP contribution in [-0.2, 0) is 17.8 Å². The molecule has 3 unspecified atom stereocenters. The minimum absolute atomic E-state index is 0.352. The van der Waals surface area contributed by atoms with Crippen LogP contribution in [0.25, 0.3) is 0 Å². The van der Waals surface area contributed by atoms with Gasteiger partial charge in [-0.2, -0.15) is 0 Å². The Morgan fingerprint density at radius 2 is 2.20 bits per heavy atom. The number of nitrogens with one attached hydrogen (secondary N) is 1. The second-order valence-corrected chi connectivity index (χ2v) is 8.48. The number of aromatic nitrogens is 1. The van der Waals surface area contributed by atoms with E-state index in [2.05, 4.69) is 28.4 Å². The summed E-state index contributed by atoms with van der Waals surface area (Å²) in [6, 6.07) is 2.14. The summed E-state index contributed by atoms with van der Waals surface area (Å²) in [5.41, 5.74) is 1.41. The maximum absolute atomic E-state index is 5.58. The fourth-order valence-electron chi connectivity index (χ4n) is 5.29. The molecule has 140 valence electrons. The molecular weight excluding hydrogens is 314 g/mol. The average Bonchev–Trinajstić information content (AvgIpc) is 3.08. The quantitative estimate of drug-likeness (QED) is 0.855. The topological polar surface area (TPSA) is 50.5 Å². The number of nitrogens with zero attached hydrogens (tertiary/aromatic N) is 2. The lowest BCUT2D eigenvalue weighted by Crippen LogP contribution is -2.52. The Kier molecular flexibility index (Phi) is 5.44. The minimum atomic E-state index is 0.352. The van der Waals surface area contributed by atoms with Crippen molar-refractivity contribution < 1.29 is 9.26 Å². The maximum Gasteiger partial charge on any atom is 0.151 e. The maximum atomic E-state index is 5.58. The molecule has 5 heteroatoms. The predicted molar refractivity (Wildman–Crippen MR) is 97.1 cm³/mol. The molecule has 1 N–H and O–H groups in total. The Bertz CT molecular complexity index is 555. The van der Waals surface area contributed by atoms with Gasteiger partial charge in [0.05, 0.1) is 25.5 Å². The molecule has 1 aromatic rings. The van der Waals surface area contributed by atoms with Crippen molar-refractivity contribution in [2.75, 3.05) is 26.3 Å². The van der Waals surface area contributed by atoms with Crippen LogP contribution >= 0.6 is 0 Å². The van der Waals surface area contributed by atoms with Crippen LogP contribution in [0.2, 0.25) is 0 Å². The highest BCUT2D eigenvalue weighted by atomic mass is 16.5. The molecule has 2 heterocycles. The summed E-state index contributed by atoms with van der Waals surface area (Å²) in [6.07, 6.45) is 9.64. The molecule has 3 aliphatic rings. The van der Waals surface area contributed by atoms with E-state index < -0.39 is 0 Å². The van der Waals surface area contributed by atoms with Gasteiger partial charge in [0.2, 0.25) is 0 Å². The van der Waals surface area contributed by atoms with Gasteiger partial charge >= 0.3 is 0 Å². The monoisotopic (exact) mass is 347 g/mol. The van der Waals surface area contributed by atoms with Crippen molar-refractivity contribution in [2.24, 2.45) is 11.8 Å². The third-order valence-corrected chi connectivity index (χ3v) is 6.61. The van der Waals surface area contributed by atoms with Crippen molar-refractivity contribution in [3.63, 3.8) is 0 Å². The molecule has 1 aromatic heterocycles. The normalized spacial score (nSPS) is 33.5. The van der Waals surface area contributed by atoms with Gasteiger partial charge in [-0.3, -0.25) is 4.90 Å². The van der Waals surface area contributed by atoms with Crippen LogP contribution in [0, 0.1) is 11.8 Å². The number of ether oxygens (including phenoxy) is 1. The number of morpholine rings is 1. The van der Waals surface area contributed by atoms with E-state index in [1.54, 1.807) is 0 Å². The summed E-state index contributed by atoms with van der Waals surface area (Å²) in [4.78, 5) is 2.37. The van der Waals surface area contributed by atoms with Gasteiger partial charge in [0.1, 0.15) is 0 Å². The van der Waals surface area contributed by atoms with E-state index in [0.29, 0.717) is 5.54 Å². The van der Waals surface area contributed by atoms with E-state index in [1.807, 2.05) is 0 Å². The van der Waals surface area contributed by atoms with Gasteiger partial charge in [0, 0.05) is 31.2 Å². The van der Waals surface area contributed by atoms with Crippen LogP contribution < -0.4 is 5.32 Å². The predicted octanol–water partition coefficient (Wildman–Crippen LogP) is 3.35. The van der Waals surface area contributed by atoms with Crippen molar-refractivity contribution in [1.82, 2.24) is 15.4 Å². The van der Waals surface area contributed by atoms with Crippen LogP contribution in [0.5, 0.6) is 0 Å². The lowest BCUT2D eigenvalue weighted by Gasteiger charge is -2.49. The fourth-order valence-corrected chi connectivity index (χ4v) is 5.29. The largest absolute Gasteiger partial charge is 0.379 e. The zero-order valence-corrected chi connectivity index (χ0v) is 15.6. The Hall–Kier alpha value is -0.910. The molecule has 5 nitrogen and oxygen atoms in total. The van der Waals surface area contributed by atoms with Crippen molar-refractivity contribution in [3.05, 3.63) is 17.5 Å². The summed E-state index contributed by atoms with van der Waals surface area (Å²) < 4.78 is 11.0. The summed E-state index contributed by atoms with van der Waals surface area (Å²) in [5.74, 6) is 2.82. The summed E-state index contributed by atoms with van der Waals surface area (Å²) in [7, 11) is 0. The van der Waals surface area contributed by atoms with E-state index in [4.69, 9.17) is 9.26 Å². The van der Waals surface area contributed by atoms with Crippen molar-refractivity contribution in [1.29, 1.82) is 0 Å². The average molecular weight is 348 g/mol. The van der Waals surface area contributed by atoms with Gasteiger partial charge in [-0.05, 0) is 37.5 Å². The molecule has 3 fully saturated rings. The van der Waals surface area contributed by atoms with Gasteiger partial charge in [0.15, 0.2) is 5.76 Å². The highest BCUT2D eigenvalue weighted by Gasteiger charge is 2.42. The SMILES string of the molecule is CCC1CC2CCCC(NCc3cc(CN4CCOCC4)on3)(C1)C2. The molecule has 2 aliphatic carbocycles. The van der Waals surface area contributed by atoms with E-state index >= 15 is 0 Å². The van der Waals surface area contributed by atoms with Crippen molar-refractivity contribution in [3.8, 4) is 0 Å². The molecule has 2 bridgehead atoms. The van der Waals surface area contributed by atoms with Gasteiger partial charge in [-0.25, -0.2) is 0 Å². The van der Waals surface area contributed by atoms with Gasteiger partial charge in [0.25, 0.3) is 0 Å². The first-order chi connectivity index (χ1) is 12.2. The van der Waals surface area contributed by atoms with Crippen LogP contribution in [0.1, 0.15) is 63.3 Å². The van der Waals surface area contributed by atoms with Gasteiger partial charge < -0.3 is 14.6 Å². The first-order valence-corrected chi connectivity index (χ1v) is 10.2. The smallest absolute Gasteiger partial charge is 0.151 e. The molecule has 25 heavy (non-hydrogen) atoms. The van der Waals surface area contributed by atoms with Crippen molar-refractivity contribution in [2.45, 2.75) is 70.5 Å². The Morgan fingerprint density at radius 1 is 1.32 bits per heavy atom. The number of fused-ring (bicyclic) bond motifs is 2. The molecule has 4 rings (SSSR count). The molecular formula is C20H33N3O2. The second-order valence-electron chi connectivity index (χ2n) is 8.48. The number of hydrogen-bond acceptors (Lipinski definition) is 5. The van der Waals surface area contributed by atoms with E-state index in [-0.39, 0.29) is 0 Å². The third-order valence-electron chi connectivity index (χ3n) is 6.61. The van der Waals surface area contributed by atoms with Crippen molar-refractivity contribution >= 4 is 0 Å². The Balaban J connectivity index is 1.33. The van der Waals surface area contributed by atoms with Crippen LogP contribution in [0.15, 0.2) is 10.6 Å². The third kappa shape index (κ3) is 4.26. The van der Waals surface area contributed by atoms with E-state index in [0.717, 1.165) is 62.7 Å². The van der Waals surface area contributed by atoms with Crippen LogP contribution in [0.3, 0.4) is 0 Å². The molecule has 3 atom stereocenters.